The molecule has 0 saturated carbocycles. The Morgan fingerprint density at radius 3 is 2.23 bits per heavy atom. The van der Waals surface area contributed by atoms with Gasteiger partial charge in [0, 0.05) is 5.33 Å². The molecule has 120 valence electrons. The molecule has 0 radical (unpaired) electrons. The highest BCUT2D eigenvalue weighted by Crippen LogP contribution is 2.37. The van der Waals surface area contributed by atoms with E-state index < -0.39 is 30.1 Å². The van der Waals surface area contributed by atoms with E-state index in [0.717, 1.165) is 0 Å². The molecule has 7 heteroatoms. The van der Waals surface area contributed by atoms with Crippen LogP contribution >= 0.6 is 15.9 Å². The van der Waals surface area contributed by atoms with E-state index in [1.165, 1.54) is 13.0 Å². The van der Waals surface area contributed by atoms with Crippen molar-refractivity contribution < 1.29 is 23.6 Å². The molecule has 0 aromatic heterocycles. The maximum absolute atomic E-state index is 14.5. The molecule has 4 nitrogen and oxygen atoms in total. The van der Waals surface area contributed by atoms with Crippen LogP contribution in [0, 0.1) is 12.7 Å². The van der Waals surface area contributed by atoms with Gasteiger partial charge >= 0.3 is 13.1 Å². The molecule has 1 aromatic carbocycles. The summed E-state index contributed by atoms with van der Waals surface area (Å²) in [6, 6.07) is 1.44. The van der Waals surface area contributed by atoms with Gasteiger partial charge in [-0.15, -0.1) is 0 Å². The predicted molar refractivity (Wildman–Crippen MR) is 86.4 cm³/mol. The molecule has 1 aromatic rings. The Morgan fingerprint density at radius 1 is 1.32 bits per heavy atom. The lowest BCUT2D eigenvalue weighted by Crippen LogP contribution is -2.41. The van der Waals surface area contributed by atoms with E-state index in [9.17, 15) is 14.3 Å². The van der Waals surface area contributed by atoms with Gasteiger partial charge < -0.3 is 14.4 Å². The number of alkyl halides is 1. The van der Waals surface area contributed by atoms with E-state index in [4.69, 9.17) is 9.31 Å². The summed E-state index contributed by atoms with van der Waals surface area (Å²) >= 11 is 3.26. The van der Waals surface area contributed by atoms with Crippen LogP contribution in [0.4, 0.5) is 4.39 Å². The van der Waals surface area contributed by atoms with Crippen LogP contribution in [0.3, 0.4) is 0 Å². The molecule has 1 fully saturated rings. The lowest BCUT2D eigenvalue weighted by Gasteiger charge is -2.32. The van der Waals surface area contributed by atoms with Crippen molar-refractivity contribution in [2.45, 2.75) is 51.2 Å². The molecule has 1 heterocycles. The van der Waals surface area contributed by atoms with Crippen LogP contribution in [-0.2, 0) is 14.6 Å². The van der Waals surface area contributed by atoms with Crippen molar-refractivity contribution in [2.75, 3.05) is 0 Å². The number of carbonyl (C=O) groups is 1. The average molecular weight is 373 g/mol. The predicted octanol–water partition coefficient (Wildman–Crippen LogP) is 3.03. The number of carboxylic acid groups (broad SMARTS) is 1. The Morgan fingerprint density at radius 2 is 1.82 bits per heavy atom. The van der Waals surface area contributed by atoms with Crippen LogP contribution in [0.15, 0.2) is 6.07 Å². The molecule has 0 bridgehead atoms. The second kappa shape index (κ2) is 5.62. The van der Waals surface area contributed by atoms with Gasteiger partial charge in [-0.25, -0.2) is 9.18 Å². The fourth-order valence-corrected chi connectivity index (χ4v) is 2.93. The van der Waals surface area contributed by atoms with E-state index in [1.54, 1.807) is 0 Å². The topological polar surface area (TPSA) is 55.8 Å². The third-order valence-corrected chi connectivity index (χ3v) is 5.08. The Kier molecular flexibility index (Phi) is 4.45. The summed E-state index contributed by atoms with van der Waals surface area (Å²) < 4.78 is 26.4. The zero-order valence-corrected chi connectivity index (χ0v) is 14.9. The number of carboxylic acids is 1. The molecule has 1 saturated heterocycles. The number of benzene rings is 1. The van der Waals surface area contributed by atoms with Gasteiger partial charge in [0.05, 0.1) is 16.8 Å². The molecule has 0 aliphatic carbocycles. The van der Waals surface area contributed by atoms with Gasteiger partial charge in [-0.1, -0.05) is 15.9 Å². The first-order valence-electron chi connectivity index (χ1n) is 6.98. The molecule has 2 rings (SSSR count). The second-order valence-corrected chi connectivity index (χ2v) is 7.02. The standard InChI is InChI=1S/C15H19BBrFO4/c1-8-9(13(19)20)6-11(10(7-17)12(8)18)16-21-14(2,3)15(4,5)22-16/h6H,7H2,1-5H3,(H,19,20). The van der Waals surface area contributed by atoms with Gasteiger partial charge in [0.15, 0.2) is 0 Å². The lowest BCUT2D eigenvalue weighted by molar-refractivity contribution is 0.00578. The fourth-order valence-electron chi connectivity index (χ4n) is 2.36. The van der Waals surface area contributed by atoms with Crippen molar-refractivity contribution >= 4 is 34.5 Å². The highest BCUT2D eigenvalue weighted by atomic mass is 79.9. The van der Waals surface area contributed by atoms with Crippen LogP contribution in [0.5, 0.6) is 0 Å². The van der Waals surface area contributed by atoms with Gasteiger partial charge in [0.1, 0.15) is 5.82 Å². The highest BCUT2D eigenvalue weighted by Gasteiger charge is 2.52. The van der Waals surface area contributed by atoms with Crippen molar-refractivity contribution in [3.05, 3.63) is 28.6 Å². The molecule has 0 unspecified atom stereocenters. The summed E-state index contributed by atoms with van der Waals surface area (Å²) in [6.07, 6.45) is 0. The maximum Gasteiger partial charge on any atom is 0.495 e. The number of hydrogen-bond acceptors (Lipinski definition) is 3. The zero-order valence-electron chi connectivity index (χ0n) is 13.3. The Hall–Kier alpha value is -0.915. The van der Waals surface area contributed by atoms with Gasteiger partial charge in [-0.2, -0.15) is 0 Å². The van der Waals surface area contributed by atoms with E-state index in [2.05, 4.69) is 15.9 Å². The lowest BCUT2D eigenvalue weighted by atomic mass is 9.74. The summed E-state index contributed by atoms with van der Waals surface area (Å²) in [5, 5.41) is 9.52. The first kappa shape index (κ1) is 17.4. The van der Waals surface area contributed by atoms with Crippen molar-refractivity contribution in [1.82, 2.24) is 0 Å². The first-order chi connectivity index (χ1) is 10.0. The highest BCUT2D eigenvalue weighted by molar-refractivity contribution is 9.08. The minimum Gasteiger partial charge on any atom is -0.478 e. The molecule has 1 N–H and O–H groups in total. The third kappa shape index (κ3) is 2.70. The van der Waals surface area contributed by atoms with Crippen LogP contribution in [0.1, 0.15) is 49.2 Å². The Labute approximate surface area is 138 Å². The SMILES string of the molecule is Cc1c(C(=O)O)cc(B2OC(C)(C)C(C)(C)O2)c(CBr)c1F. The van der Waals surface area contributed by atoms with Gasteiger partial charge in [0.2, 0.25) is 0 Å². The number of halogens is 2. The van der Waals surface area contributed by atoms with Gasteiger partial charge in [0.25, 0.3) is 0 Å². The van der Waals surface area contributed by atoms with Crippen molar-refractivity contribution in [1.29, 1.82) is 0 Å². The number of rotatable bonds is 3. The summed E-state index contributed by atoms with van der Waals surface area (Å²) in [4.78, 5) is 11.3. The minimum atomic E-state index is -1.17. The van der Waals surface area contributed by atoms with Crippen LogP contribution in [0.25, 0.3) is 0 Å². The average Bonchev–Trinajstić information content (AvgIpc) is 2.60. The smallest absolute Gasteiger partial charge is 0.478 e. The first-order valence-corrected chi connectivity index (χ1v) is 8.10. The van der Waals surface area contributed by atoms with Crippen LogP contribution < -0.4 is 5.46 Å². The minimum absolute atomic E-state index is 0.0769. The maximum atomic E-state index is 14.5. The Bertz CT molecular complexity index is 614. The summed E-state index contributed by atoms with van der Waals surface area (Å²) in [5.41, 5.74) is -0.344. The monoisotopic (exact) mass is 372 g/mol. The van der Waals surface area contributed by atoms with Gasteiger partial charge in [-0.05, 0) is 57.3 Å². The van der Waals surface area contributed by atoms with E-state index in [0.29, 0.717) is 11.0 Å². The fraction of sp³-hybridized carbons (Fsp3) is 0.533. The van der Waals surface area contributed by atoms with Gasteiger partial charge in [-0.3, -0.25) is 0 Å². The molecular weight excluding hydrogens is 354 g/mol. The van der Waals surface area contributed by atoms with Crippen molar-refractivity contribution in [3.63, 3.8) is 0 Å². The molecule has 1 aliphatic heterocycles. The zero-order chi connectivity index (χ0) is 16.9. The van der Waals surface area contributed by atoms with E-state index >= 15 is 0 Å². The number of hydrogen-bond donors (Lipinski definition) is 1. The second-order valence-electron chi connectivity index (χ2n) is 6.46. The summed E-state index contributed by atoms with van der Waals surface area (Å²) in [7, 11) is -0.800. The third-order valence-electron chi connectivity index (χ3n) is 4.52. The van der Waals surface area contributed by atoms with E-state index in [-0.39, 0.29) is 16.5 Å². The van der Waals surface area contributed by atoms with Crippen molar-refractivity contribution in [2.24, 2.45) is 0 Å². The van der Waals surface area contributed by atoms with Crippen molar-refractivity contribution in [3.8, 4) is 0 Å². The number of aromatic carboxylic acids is 1. The summed E-state index contributed by atoms with van der Waals surface area (Å²) in [5.74, 6) is -1.71. The molecule has 0 spiro atoms. The molecule has 22 heavy (non-hydrogen) atoms. The van der Waals surface area contributed by atoms with Crippen LogP contribution in [0.2, 0.25) is 0 Å². The molecule has 0 atom stereocenters. The van der Waals surface area contributed by atoms with E-state index in [1.807, 2.05) is 27.7 Å². The summed E-state index contributed by atoms with van der Waals surface area (Å²) in [6.45, 7) is 9.03. The normalized spacial score (nSPS) is 19.5. The largest absolute Gasteiger partial charge is 0.495 e. The quantitative estimate of drug-likeness (QED) is 0.654. The molecule has 0 amide bonds. The molecule has 1 aliphatic rings. The molecular formula is C15H19BBrFO4. The Balaban J connectivity index is 2.59. The van der Waals surface area contributed by atoms with Crippen LogP contribution in [-0.4, -0.2) is 29.4 Å².